The van der Waals surface area contributed by atoms with Crippen molar-refractivity contribution in [1.29, 1.82) is 0 Å². The summed E-state index contributed by atoms with van der Waals surface area (Å²) in [5, 5.41) is 8.06. The molecule has 4 rings (SSSR count). The third-order valence-electron chi connectivity index (χ3n) is 5.65. The molecule has 3 aromatic rings. The van der Waals surface area contributed by atoms with Crippen molar-refractivity contribution >= 4 is 22.8 Å². The standard InChI is InChI=1S/C23H29N5O3/c1-3-18-21-22(28-13-5-4-6-14-28)25-19(26-23(21)31-27-18)11-12-20(29)24-15-16-7-9-17(30-2)10-8-16/h7-10H,3-6,11-15H2,1-2H3,(H,24,29). The Labute approximate surface area is 182 Å². The first-order chi connectivity index (χ1) is 15.2. The van der Waals surface area contributed by atoms with Crippen LogP contribution in [0.2, 0.25) is 0 Å². The fourth-order valence-corrected chi connectivity index (χ4v) is 3.88. The number of rotatable bonds is 8. The van der Waals surface area contributed by atoms with Gasteiger partial charge in [-0.2, -0.15) is 4.98 Å². The fourth-order valence-electron chi connectivity index (χ4n) is 3.88. The lowest BCUT2D eigenvalue weighted by Gasteiger charge is -2.28. The third-order valence-corrected chi connectivity index (χ3v) is 5.65. The number of hydrogen-bond acceptors (Lipinski definition) is 7. The molecule has 3 heterocycles. The number of aryl methyl sites for hydroxylation is 2. The number of piperidine rings is 1. The van der Waals surface area contributed by atoms with Crippen molar-refractivity contribution in [2.75, 3.05) is 25.1 Å². The van der Waals surface area contributed by atoms with E-state index in [0.29, 0.717) is 30.9 Å². The Kier molecular flexibility index (Phi) is 6.64. The van der Waals surface area contributed by atoms with Gasteiger partial charge in [0, 0.05) is 32.5 Å². The van der Waals surface area contributed by atoms with Gasteiger partial charge in [-0.3, -0.25) is 4.79 Å². The lowest BCUT2D eigenvalue weighted by atomic mass is 10.1. The first-order valence-corrected chi connectivity index (χ1v) is 11.0. The molecule has 1 saturated heterocycles. The molecule has 8 heteroatoms. The number of amides is 1. The van der Waals surface area contributed by atoms with Crippen LogP contribution in [0.3, 0.4) is 0 Å². The number of nitrogens with zero attached hydrogens (tertiary/aromatic N) is 4. The molecule has 0 aliphatic carbocycles. The molecular weight excluding hydrogens is 394 g/mol. The molecule has 31 heavy (non-hydrogen) atoms. The maximum absolute atomic E-state index is 12.4. The Balaban J connectivity index is 1.43. The van der Waals surface area contributed by atoms with Crippen LogP contribution in [0.1, 0.15) is 49.7 Å². The van der Waals surface area contributed by atoms with Gasteiger partial charge in [0.15, 0.2) is 0 Å². The monoisotopic (exact) mass is 423 g/mol. The summed E-state index contributed by atoms with van der Waals surface area (Å²) < 4.78 is 10.7. The Morgan fingerprint density at radius 2 is 1.94 bits per heavy atom. The zero-order valence-electron chi connectivity index (χ0n) is 18.2. The summed E-state index contributed by atoms with van der Waals surface area (Å²) >= 11 is 0. The van der Waals surface area contributed by atoms with Crippen molar-refractivity contribution < 1.29 is 14.1 Å². The predicted molar refractivity (Wildman–Crippen MR) is 118 cm³/mol. The average Bonchev–Trinajstić information content (AvgIpc) is 3.25. The normalized spacial score (nSPS) is 14.1. The summed E-state index contributed by atoms with van der Waals surface area (Å²) in [4.78, 5) is 24.1. The van der Waals surface area contributed by atoms with Gasteiger partial charge >= 0.3 is 0 Å². The topological polar surface area (TPSA) is 93.4 Å². The van der Waals surface area contributed by atoms with E-state index in [-0.39, 0.29) is 5.91 Å². The van der Waals surface area contributed by atoms with E-state index in [1.54, 1.807) is 7.11 Å². The van der Waals surface area contributed by atoms with E-state index >= 15 is 0 Å². The minimum Gasteiger partial charge on any atom is -0.497 e. The number of methoxy groups -OCH3 is 1. The highest BCUT2D eigenvalue weighted by atomic mass is 16.5. The fraction of sp³-hybridized carbons (Fsp3) is 0.478. The second kappa shape index (κ2) is 9.76. The van der Waals surface area contributed by atoms with Crippen molar-refractivity contribution in [3.63, 3.8) is 0 Å². The first-order valence-electron chi connectivity index (χ1n) is 11.0. The number of fused-ring (bicyclic) bond motifs is 1. The molecule has 1 amide bonds. The molecule has 0 atom stereocenters. The molecule has 0 unspecified atom stereocenters. The summed E-state index contributed by atoms with van der Waals surface area (Å²) in [5.41, 5.74) is 2.42. The minimum atomic E-state index is -0.0362. The van der Waals surface area contributed by atoms with Crippen LogP contribution in [-0.4, -0.2) is 41.2 Å². The third kappa shape index (κ3) is 4.95. The SMILES string of the molecule is CCc1noc2nc(CCC(=O)NCc3ccc(OC)cc3)nc(N3CCCCC3)c12. The number of benzene rings is 1. The smallest absolute Gasteiger partial charge is 0.263 e. The molecular formula is C23H29N5O3. The van der Waals surface area contributed by atoms with E-state index in [0.717, 1.165) is 60.6 Å². The lowest BCUT2D eigenvalue weighted by Crippen LogP contribution is -2.31. The molecule has 0 radical (unpaired) electrons. The van der Waals surface area contributed by atoms with Crippen LogP contribution in [0.25, 0.3) is 11.1 Å². The predicted octanol–water partition coefficient (Wildman–Crippen LogP) is 3.43. The van der Waals surface area contributed by atoms with Crippen LogP contribution in [0, 0.1) is 0 Å². The van der Waals surface area contributed by atoms with Gasteiger partial charge in [0.1, 0.15) is 22.8 Å². The molecule has 164 valence electrons. The van der Waals surface area contributed by atoms with Gasteiger partial charge in [-0.25, -0.2) is 4.98 Å². The Morgan fingerprint density at radius 3 is 2.65 bits per heavy atom. The van der Waals surface area contributed by atoms with E-state index in [4.69, 9.17) is 14.2 Å². The van der Waals surface area contributed by atoms with Gasteiger partial charge in [-0.15, -0.1) is 0 Å². The molecule has 1 fully saturated rings. The summed E-state index contributed by atoms with van der Waals surface area (Å²) in [6.45, 7) is 4.48. The van der Waals surface area contributed by atoms with Crippen molar-refractivity contribution in [2.45, 2.75) is 52.0 Å². The largest absolute Gasteiger partial charge is 0.497 e. The van der Waals surface area contributed by atoms with Crippen LogP contribution >= 0.6 is 0 Å². The molecule has 1 aliphatic heterocycles. The molecule has 8 nitrogen and oxygen atoms in total. The van der Waals surface area contributed by atoms with Crippen molar-refractivity contribution in [3.05, 3.63) is 41.3 Å². The molecule has 1 N–H and O–H groups in total. The molecule has 0 spiro atoms. The van der Waals surface area contributed by atoms with Crippen molar-refractivity contribution in [3.8, 4) is 5.75 Å². The van der Waals surface area contributed by atoms with Crippen LogP contribution in [0.15, 0.2) is 28.8 Å². The summed E-state index contributed by atoms with van der Waals surface area (Å²) in [7, 11) is 1.63. The number of carbonyl (C=O) groups excluding carboxylic acids is 1. The second-order valence-corrected chi connectivity index (χ2v) is 7.80. The number of nitrogens with one attached hydrogen (secondary N) is 1. The zero-order chi connectivity index (χ0) is 21.6. The average molecular weight is 424 g/mol. The van der Waals surface area contributed by atoms with Gasteiger partial charge in [0.05, 0.1) is 12.8 Å². The van der Waals surface area contributed by atoms with Crippen molar-refractivity contribution in [2.24, 2.45) is 0 Å². The molecule has 1 aromatic carbocycles. The van der Waals surface area contributed by atoms with E-state index in [9.17, 15) is 4.79 Å². The Bertz CT molecular complexity index is 1030. The second-order valence-electron chi connectivity index (χ2n) is 7.80. The van der Waals surface area contributed by atoms with Crippen LogP contribution in [0.4, 0.5) is 5.82 Å². The van der Waals surface area contributed by atoms with E-state index in [1.807, 2.05) is 24.3 Å². The summed E-state index contributed by atoms with van der Waals surface area (Å²) in [6.07, 6.45) is 5.09. The molecule has 2 aromatic heterocycles. The van der Waals surface area contributed by atoms with Gasteiger partial charge in [0.2, 0.25) is 5.91 Å². The number of aromatic nitrogens is 3. The highest BCUT2D eigenvalue weighted by molar-refractivity contribution is 5.88. The highest BCUT2D eigenvalue weighted by Gasteiger charge is 2.22. The first kappa shape index (κ1) is 21.1. The number of hydrogen-bond donors (Lipinski definition) is 1. The van der Waals surface area contributed by atoms with Crippen LogP contribution in [-0.2, 0) is 24.2 Å². The summed E-state index contributed by atoms with van der Waals surface area (Å²) in [5.74, 6) is 2.28. The zero-order valence-corrected chi connectivity index (χ0v) is 18.2. The summed E-state index contributed by atoms with van der Waals surface area (Å²) in [6, 6.07) is 7.65. The van der Waals surface area contributed by atoms with Gasteiger partial charge < -0.3 is 19.5 Å². The lowest BCUT2D eigenvalue weighted by molar-refractivity contribution is -0.121. The van der Waals surface area contributed by atoms with E-state index in [2.05, 4.69) is 27.3 Å². The van der Waals surface area contributed by atoms with E-state index < -0.39 is 0 Å². The maximum Gasteiger partial charge on any atom is 0.263 e. The Morgan fingerprint density at radius 1 is 1.16 bits per heavy atom. The van der Waals surface area contributed by atoms with E-state index in [1.165, 1.54) is 6.42 Å². The highest BCUT2D eigenvalue weighted by Crippen LogP contribution is 2.29. The van der Waals surface area contributed by atoms with Gasteiger partial charge in [0.25, 0.3) is 5.71 Å². The van der Waals surface area contributed by atoms with Crippen molar-refractivity contribution in [1.82, 2.24) is 20.4 Å². The number of carbonyl (C=O) groups is 1. The van der Waals surface area contributed by atoms with Gasteiger partial charge in [-0.05, 0) is 43.4 Å². The molecule has 1 aliphatic rings. The molecule has 0 bridgehead atoms. The molecule has 0 saturated carbocycles. The van der Waals surface area contributed by atoms with Crippen LogP contribution < -0.4 is 15.0 Å². The number of anilines is 1. The number of ether oxygens (including phenoxy) is 1. The van der Waals surface area contributed by atoms with Crippen LogP contribution in [0.5, 0.6) is 5.75 Å². The maximum atomic E-state index is 12.4. The Hall–Kier alpha value is -3.16. The quantitative estimate of drug-likeness (QED) is 0.593. The minimum absolute atomic E-state index is 0.0362. The van der Waals surface area contributed by atoms with Gasteiger partial charge in [-0.1, -0.05) is 24.2 Å².